The summed E-state index contributed by atoms with van der Waals surface area (Å²) < 4.78 is 13.6. The summed E-state index contributed by atoms with van der Waals surface area (Å²) in [5.74, 6) is -0.207. The number of carbonyl (C=O) groups excluding carboxylic acids is 1. The lowest BCUT2D eigenvalue weighted by Gasteiger charge is -2.27. The van der Waals surface area contributed by atoms with Gasteiger partial charge >= 0.3 is 0 Å². The molecule has 1 aromatic heterocycles. The van der Waals surface area contributed by atoms with Crippen LogP contribution in [0.1, 0.15) is 16.0 Å². The standard InChI is InChI=1S/C15H13ClFNOS/c16-14-8-11-9-18(6-5-13(11)20-14)15(19)7-10-1-3-12(17)4-2-10/h1-4,8H,5-7,9H2. The zero-order chi connectivity index (χ0) is 14.1. The van der Waals surface area contributed by atoms with Crippen LogP contribution in [-0.4, -0.2) is 17.4 Å². The fourth-order valence-electron chi connectivity index (χ4n) is 2.40. The summed E-state index contributed by atoms with van der Waals surface area (Å²) in [6, 6.07) is 8.03. The first-order chi connectivity index (χ1) is 9.61. The third kappa shape index (κ3) is 2.86. The predicted molar refractivity (Wildman–Crippen MR) is 78.6 cm³/mol. The second-order valence-electron chi connectivity index (χ2n) is 4.87. The second kappa shape index (κ2) is 5.54. The van der Waals surface area contributed by atoms with Gasteiger partial charge in [-0.05, 0) is 35.7 Å². The van der Waals surface area contributed by atoms with Crippen molar-refractivity contribution in [2.24, 2.45) is 0 Å². The molecule has 1 aromatic carbocycles. The van der Waals surface area contributed by atoms with E-state index in [1.54, 1.807) is 23.5 Å². The maximum Gasteiger partial charge on any atom is 0.227 e. The van der Waals surface area contributed by atoms with Crippen molar-refractivity contribution in [2.75, 3.05) is 6.54 Å². The number of halogens is 2. The van der Waals surface area contributed by atoms with Gasteiger partial charge in [-0.1, -0.05) is 23.7 Å². The van der Waals surface area contributed by atoms with Gasteiger partial charge in [0.1, 0.15) is 5.82 Å². The molecule has 0 saturated heterocycles. The summed E-state index contributed by atoms with van der Waals surface area (Å²) >= 11 is 7.60. The summed E-state index contributed by atoms with van der Waals surface area (Å²) in [6.45, 7) is 1.35. The number of amides is 1. The van der Waals surface area contributed by atoms with E-state index in [4.69, 9.17) is 11.6 Å². The van der Waals surface area contributed by atoms with E-state index in [0.29, 0.717) is 13.0 Å². The number of hydrogen-bond acceptors (Lipinski definition) is 2. The fraction of sp³-hybridized carbons (Fsp3) is 0.267. The summed E-state index contributed by atoms with van der Waals surface area (Å²) in [6.07, 6.45) is 1.18. The molecule has 0 spiro atoms. The molecule has 0 radical (unpaired) electrons. The fourth-order valence-corrected chi connectivity index (χ4v) is 3.69. The topological polar surface area (TPSA) is 20.3 Å². The smallest absolute Gasteiger partial charge is 0.227 e. The number of thiophene rings is 1. The molecule has 2 aromatic rings. The average molecular weight is 310 g/mol. The highest BCUT2D eigenvalue weighted by Gasteiger charge is 2.22. The second-order valence-corrected chi connectivity index (χ2v) is 6.64. The van der Waals surface area contributed by atoms with Crippen molar-refractivity contribution in [1.29, 1.82) is 0 Å². The average Bonchev–Trinajstić information content (AvgIpc) is 2.80. The van der Waals surface area contributed by atoms with E-state index >= 15 is 0 Å². The van der Waals surface area contributed by atoms with Crippen LogP contribution in [0.2, 0.25) is 4.34 Å². The van der Waals surface area contributed by atoms with Crippen LogP contribution >= 0.6 is 22.9 Å². The van der Waals surface area contributed by atoms with Crippen molar-refractivity contribution in [1.82, 2.24) is 4.90 Å². The van der Waals surface area contributed by atoms with Crippen molar-refractivity contribution in [3.8, 4) is 0 Å². The number of nitrogens with zero attached hydrogens (tertiary/aromatic N) is 1. The lowest BCUT2D eigenvalue weighted by atomic mass is 10.1. The van der Waals surface area contributed by atoms with E-state index in [0.717, 1.165) is 28.4 Å². The molecule has 2 nitrogen and oxygen atoms in total. The van der Waals surface area contributed by atoms with E-state index in [1.807, 2.05) is 11.0 Å². The molecule has 3 rings (SSSR count). The van der Waals surface area contributed by atoms with Gasteiger partial charge in [-0.15, -0.1) is 11.3 Å². The molecule has 5 heteroatoms. The Morgan fingerprint density at radius 1 is 1.35 bits per heavy atom. The van der Waals surface area contributed by atoms with Gasteiger partial charge in [0, 0.05) is 18.0 Å². The highest BCUT2D eigenvalue weighted by molar-refractivity contribution is 7.16. The minimum absolute atomic E-state index is 0.0737. The summed E-state index contributed by atoms with van der Waals surface area (Å²) in [4.78, 5) is 15.4. The van der Waals surface area contributed by atoms with Gasteiger partial charge in [0.15, 0.2) is 0 Å². The van der Waals surface area contributed by atoms with Crippen LogP contribution in [0.25, 0.3) is 0 Å². The number of benzene rings is 1. The van der Waals surface area contributed by atoms with Gasteiger partial charge in [0.25, 0.3) is 0 Å². The van der Waals surface area contributed by atoms with E-state index in [9.17, 15) is 9.18 Å². The third-order valence-electron chi connectivity index (χ3n) is 3.46. The van der Waals surface area contributed by atoms with Crippen molar-refractivity contribution in [3.05, 3.63) is 56.5 Å². The van der Waals surface area contributed by atoms with E-state index in [2.05, 4.69) is 0 Å². The lowest BCUT2D eigenvalue weighted by Crippen LogP contribution is -2.36. The number of fused-ring (bicyclic) bond motifs is 1. The molecule has 2 heterocycles. The summed E-state index contributed by atoms with van der Waals surface area (Å²) in [5.41, 5.74) is 1.99. The molecule has 1 aliphatic rings. The quantitative estimate of drug-likeness (QED) is 0.829. The van der Waals surface area contributed by atoms with Gasteiger partial charge < -0.3 is 4.90 Å². The highest BCUT2D eigenvalue weighted by Crippen LogP contribution is 2.31. The van der Waals surface area contributed by atoms with Gasteiger partial charge in [-0.25, -0.2) is 4.39 Å². The molecule has 1 amide bonds. The van der Waals surface area contributed by atoms with E-state index < -0.39 is 0 Å². The Kier molecular flexibility index (Phi) is 3.76. The van der Waals surface area contributed by atoms with Crippen LogP contribution in [0.4, 0.5) is 4.39 Å². The van der Waals surface area contributed by atoms with Crippen LogP contribution in [0.15, 0.2) is 30.3 Å². The Bertz CT molecular complexity index is 638. The normalized spacial score (nSPS) is 14.2. The van der Waals surface area contributed by atoms with Crippen molar-refractivity contribution in [3.63, 3.8) is 0 Å². The maximum absolute atomic E-state index is 12.8. The Labute approximate surface area is 125 Å². The monoisotopic (exact) mass is 309 g/mol. The Balaban J connectivity index is 1.68. The highest BCUT2D eigenvalue weighted by atomic mass is 35.5. The number of carbonyl (C=O) groups is 1. The number of rotatable bonds is 2. The van der Waals surface area contributed by atoms with Crippen LogP contribution in [0.3, 0.4) is 0 Å². The minimum atomic E-state index is -0.281. The SMILES string of the molecule is O=C(Cc1ccc(F)cc1)N1CCc2sc(Cl)cc2C1. The van der Waals surface area contributed by atoms with Crippen LogP contribution < -0.4 is 0 Å². The first-order valence-corrected chi connectivity index (χ1v) is 7.60. The van der Waals surface area contributed by atoms with Crippen LogP contribution in [0, 0.1) is 5.82 Å². The van der Waals surface area contributed by atoms with Gasteiger partial charge in [-0.2, -0.15) is 0 Å². The first-order valence-electron chi connectivity index (χ1n) is 6.41. The van der Waals surface area contributed by atoms with Crippen molar-refractivity contribution in [2.45, 2.75) is 19.4 Å². The molecule has 0 aliphatic carbocycles. The van der Waals surface area contributed by atoms with Gasteiger partial charge in [-0.3, -0.25) is 4.79 Å². The Morgan fingerprint density at radius 2 is 2.10 bits per heavy atom. The van der Waals surface area contributed by atoms with Crippen molar-refractivity contribution < 1.29 is 9.18 Å². The number of hydrogen-bond donors (Lipinski definition) is 0. The molecular weight excluding hydrogens is 297 g/mol. The molecule has 104 valence electrons. The van der Waals surface area contributed by atoms with Crippen molar-refractivity contribution >= 4 is 28.8 Å². The zero-order valence-electron chi connectivity index (χ0n) is 10.7. The minimum Gasteiger partial charge on any atom is -0.338 e. The molecule has 0 fully saturated rings. The molecule has 20 heavy (non-hydrogen) atoms. The molecule has 0 saturated carbocycles. The third-order valence-corrected chi connectivity index (χ3v) is 4.82. The largest absolute Gasteiger partial charge is 0.338 e. The van der Waals surface area contributed by atoms with Crippen LogP contribution in [-0.2, 0) is 24.2 Å². The zero-order valence-corrected chi connectivity index (χ0v) is 12.3. The maximum atomic E-state index is 12.8. The van der Waals surface area contributed by atoms with Gasteiger partial charge in [0.2, 0.25) is 5.91 Å². The molecule has 0 bridgehead atoms. The van der Waals surface area contributed by atoms with Gasteiger partial charge in [0.05, 0.1) is 10.8 Å². The lowest BCUT2D eigenvalue weighted by molar-refractivity contribution is -0.131. The van der Waals surface area contributed by atoms with E-state index in [-0.39, 0.29) is 11.7 Å². The summed E-state index contributed by atoms with van der Waals surface area (Å²) in [5, 5.41) is 0. The molecule has 0 N–H and O–H groups in total. The molecule has 0 unspecified atom stereocenters. The molecule has 0 atom stereocenters. The Morgan fingerprint density at radius 3 is 2.85 bits per heavy atom. The van der Waals surface area contributed by atoms with Crippen LogP contribution in [0.5, 0.6) is 0 Å². The molecular formula is C15H13ClFNOS. The first kappa shape index (κ1) is 13.6. The Hall–Kier alpha value is -1.39. The van der Waals surface area contributed by atoms with E-state index in [1.165, 1.54) is 17.0 Å². The predicted octanol–water partition coefficient (Wildman–Crippen LogP) is 3.67. The molecule has 1 aliphatic heterocycles. The summed E-state index contributed by atoms with van der Waals surface area (Å²) in [7, 11) is 0.